The highest BCUT2D eigenvalue weighted by Gasteiger charge is 2.18. The Balaban J connectivity index is 2.38. The van der Waals surface area contributed by atoms with Crippen LogP contribution in [0.25, 0.3) is 0 Å². The molecule has 1 atom stereocenters. The highest BCUT2D eigenvalue weighted by Crippen LogP contribution is 2.26. The largest absolute Gasteiger partial charge is 0.496 e. The normalized spacial score (nSPS) is 12.4. The Labute approximate surface area is 120 Å². The lowest BCUT2D eigenvalue weighted by Gasteiger charge is -2.20. The highest BCUT2D eigenvalue weighted by atomic mass is 16.5. The second kappa shape index (κ2) is 6.57. The van der Waals surface area contributed by atoms with Gasteiger partial charge in [0.15, 0.2) is 0 Å². The number of nitrogens with one attached hydrogen (secondary N) is 1. The van der Waals surface area contributed by atoms with Crippen LogP contribution in [0.4, 0.5) is 0 Å². The van der Waals surface area contributed by atoms with E-state index in [4.69, 9.17) is 4.74 Å². The maximum atomic E-state index is 5.43. The molecule has 20 heavy (non-hydrogen) atoms. The second-order valence-electron chi connectivity index (χ2n) is 5.01. The van der Waals surface area contributed by atoms with Gasteiger partial charge >= 0.3 is 0 Å². The smallest absolute Gasteiger partial charge is 0.130 e. The summed E-state index contributed by atoms with van der Waals surface area (Å²) in [6.07, 6.45) is 4.90. The highest BCUT2D eigenvalue weighted by molar-refractivity contribution is 5.39. The lowest BCUT2D eigenvalue weighted by molar-refractivity contribution is 0.410. The van der Waals surface area contributed by atoms with Crippen molar-refractivity contribution in [3.05, 3.63) is 47.5 Å². The van der Waals surface area contributed by atoms with Crippen LogP contribution in [0.2, 0.25) is 0 Å². The first kappa shape index (κ1) is 14.6. The van der Waals surface area contributed by atoms with E-state index in [1.807, 2.05) is 19.4 Å². The molecule has 0 saturated carbocycles. The molecule has 0 bridgehead atoms. The zero-order valence-electron chi connectivity index (χ0n) is 12.7. The lowest BCUT2D eigenvalue weighted by Crippen LogP contribution is -2.25. The molecule has 1 unspecified atom stereocenters. The van der Waals surface area contributed by atoms with E-state index in [2.05, 4.69) is 46.9 Å². The first-order chi connectivity index (χ1) is 9.67. The number of hydrogen-bond donors (Lipinski definition) is 1. The van der Waals surface area contributed by atoms with Crippen LogP contribution in [0.3, 0.4) is 0 Å². The molecule has 2 rings (SSSR count). The second-order valence-corrected chi connectivity index (χ2v) is 5.01. The minimum absolute atomic E-state index is 0.0875. The van der Waals surface area contributed by atoms with Gasteiger partial charge < -0.3 is 14.6 Å². The van der Waals surface area contributed by atoms with E-state index < -0.39 is 0 Å². The number of rotatable bonds is 6. The molecule has 4 nitrogen and oxygen atoms in total. The zero-order chi connectivity index (χ0) is 14.5. The number of aromatic nitrogens is 2. The molecule has 0 spiro atoms. The summed E-state index contributed by atoms with van der Waals surface area (Å²) >= 11 is 0. The Kier molecular flexibility index (Phi) is 4.79. The first-order valence-electron chi connectivity index (χ1n) is 7.02. The van der Waals surface area contributed by atoms with E-state index in [9.17, 15) is 0 Å². The molecule has 2 aromatic rings. The molecule has 0 fully saturated rings. The molecule has 0 aliphatic heterocycles. The van der Waals surface area contributed by atoms with Crippen molar-refractivity contribution in [1.29, 1.82) is 0 Å². The predicted octanol–water partition coefficient (Wildman–Crippen LogP) is 2.83. The van der Waals surface area contributed by atoms with E-state index in [-0.39, 0.29) is 6.04 Å². The molecule has 1 aromatic heterocycles. The fraction of sp³-hybridized carbons (Fsp3) is 0.438. The van der Waals surface area contributed by atoms with Crippen LogP contribution in [0.5, 0.6) is 5.75 Å². The Hall–Kier alpha value is -1.81. The number of nitrogens with zero attached hydrogens (tertiary/aromatic N) is 2. The van der Waals surface area contributed by atoms with Gasteiger partial charge in [-0.3, -0.25) is 0 Å². The van der Waals surface area contributed by atoms with Crippen LogP contribution in [-0.4, -0.2) is 23.2 Å². The van der Waals surface area contributed by atoms with Crippen LogP contribution in [0.15, 0.2) is 30.6 Å². The summed E-state index contributed by atoms with van der Waals surface area (Å²) in [6.45, 7) is 5.17. The molecule has 1 aromatic carbocycles. The quantitative estimate of drug-likeness (QED) is 0.879. The van der Waals surface area contributed by atoms with Gasteiger partial charge in [-0.25, -0.2) is 4.98 Å². The third-order valence-corrected chi connectivity index (χ3v) is 3.48. The fourth-order valence-corrected chi connectivity index (χ4v) is 2.32. The molecule has 0 aliphatic carbocycles. The number of methoxy groups -OCH3 is 1. The van der Waals surface area contributed by atoms with Crippen molar-refractivity contribution in [2.75, 3.05) is 13.7 Å². The summed E-state index contributed by atoms with van der Waals surface area (Å²) in [7, 11) is 3.73. The van der Waals surface area contributed by atoms with Crippen molar-refractivity contribution in [3.8, 4) is 5.75 Å². The van der Waals surface area contributed by atoms with Crippen LogP contribution in [0.1, 0.15) is 36.3 Å². The standard InChI is InChI=1S/C16H23N3O/c1-5-8-17-15(16-18-9-10-19(16)3)13-7-6-12(2)14(11-13)20-4/h6-7,9-11,15,17H,5,8H2,1-4H3. The summed E-state index contributed by atoms with van der Waals surface area (Å²) in [5.74, 6) is 1.93. The van der Waals surface area contributed by atoms with E-state index in [0.29, 0.717) is 0 Å². The van der Waals surface area contributed by atoms with Gasteiger partial charge in [-0.2, -0.15) is 0 Å². The van der Waals surface area contributed by atoms with E-state index >= 15 is 0 Å². The van der Waals surface area contributed by atoms with Gasteiger partial charge in [-0.05, 0) is 37.1 Å². The first-order valence-corrected chi connectivity index (χ1v) is 7.02. The zero-order valence-corrected chi connectivity index (χ0v) is 12.7. The maximum absolute atomic E-state index is 5.43. The average Bonchev–Trinajstić information content (AvgIpc) is 2.87. The van der Waals surface area contributed by atoms with Crippen molar-refractivity contribution in [3.63, 3.8) is 0 Å². The average molecular weight is 273 g/mol. The molecule has 0 radical (unpaired) electrons. The Morgan fingerprint density at radius 3 is 2.80 bits per heavy atom. The molecule has 4 heteroatoms. The van der Waals surface area contributed by atoms with Gasteiger partial charge in [0.25, 0.3) is 0 Å². The summed E-state index contributed by atoms with van der Waals surface area (Å²) < 4.78 is 7.49. The number of ether oxygens (including phenoxy) is 1. The van der Waals surface area contributed by atoms with Crippen molar-refractivity contribution < 1.29 is 4.74 Å². The summed E-state index contributed by atoms with van der Waals surface area (Å²) in [4.78, 5) is 4.48. The van der Waals surface area contributed by atoms with Gasteiger partial charge in [-0.1, -0.05) is 19.1 Å². The third-order valence-electron chi connectivity index (χ3n) is 3.48. The molecule has 0 amide bonds. The lowest BCUT2D eigenvalue weighted by atomic mass is 10.0. The Morgan fingerprint density at radius 1 is 1.40 bits per heavy atom. The predicted molar refractivity (Wildman–Crippen MR) is 81.1 cm³/mol. The Morgan fingerprint density at radius 2 is 2.20 bits per heavy atom. The molecule has 1 N–H and O–H groups in total. The number of benzene rings is 1. The Bertz CT molecular complexity index is 563. The summed E-state index contributed by atoms with van der Waals surface area (Å²) in [5.41, 5.74) is 2.32. The van der Waals surface area contributed by atoms with Gasteiger partial charge in [0.1, 0.15) is 11.6 Å². The van der Waals surface area contributed by atoms with Crippen LogP contribution < -0.4 is 10.1 Å². The van der Waals surface area contributed by atoms with Gasteiger partial charge in [-0.15, -0.1) is 0 Å². The molecule has 108 valence electrons. The molecular formula is C16H23N3O. The van der Waals surface area contributed by atoms with E-state index in [1.54, 1.807) is 7.11 Å². The van der Waals surface area contributed by atoms with Gasteiger partial charge in [0, 0.05) is 19.4 Å². The molecule has 1 heterocycles. The number of aryl methyl sites for hydroxylation is 2. The van der Waals surface area contributed by atoms with Crippen molar-refractivity contribution in [1.82, 2.24) is 14.9 Å². The van der Waals surface area contributed by atoms with Crippen LogP contribution in [-0.2, 0) is 7.05 Å². The van der Waals surface area contributed by atoms with Crippen LogP contribution in [0, 0.1) is 6.92 Å². The number of hydrogen-bond acceptors (Lipinski definition) is 3. The van der Waals surface area contributed by atoms with Gasteiger partial charge in [0.05, 0.1) is 13.2 Å². The molecule has 0 aliphatic rings. The topological polar surface area (TPSA) is 39.1 Å². The number of imidazole rings is 1. The van der Waals surface area contributed by atoms with Crippen LogP contribution >= 0.6 is 0 Å². The minimum atomic E-state index is 0.0875. The maximum Gasteiger partial charge on any atom is 0.130 e. The van der Waals surface area contributed by atoms with E-state index in [0.717, 1.165) is 30.1 Å². The minimum Gasteiger partial charge on any atom is -0.496 e. The molecule has 0 saturated heterocycles. The fourth-order valence-electron chi connectivity index (χ4n) is 2.32. The van der Waals surface area contributed by atoms with Crippen molar-refractivity contribution >= 4 is 0 Å². The molecular weight excluding hydrogens is 250 g/mol. The summed E-state index contributed by atoms with van der Waals surface area (Å²) in [6, 6.07) is 6.42. The van der Waals surface area contributed by atoms with E-state index in [1.165, 1.54) is 5.56 Å². The monoisotopic (exact) mass is 273 g/mol. The third kappa shape index (κ3) is 3.02. The van der Waals surface area contributed by atoms with Crippen molar-refractivity contribution in [2.24, 2.45) is 7.05 Å². The SMILES string of the molecule is CCCNC(c1ccc(C)c(OC)c1)c1nccn1C. The summed E-state index contributed by atoms with van der Waals surface area (Å²) in [5, 5.41) is 3.56. The van der Waals surface area contributed by atoms with Crippen molar-refractivity contribution in [2.45, 2.75) is 26.3 Å². The van der Waals surface area contributed by atoms with Gasteiger partial charge in [0.2, 0.25) is 0 Å².